The average Bonchev–Trinajstić information content (AvgIpc) is 3.79. The fourth-order valence-corrected chi connectivity index (χ4v) is 9.78. The van der Waals surface area contributed by atoms with E-state index in [1.165, 1.54) is 18.7 Å². The van der Waals surface area contributed by atoms with Crippen molar-refractivity contribution in [2.24, 2.45) is 11.8 Å². The van der Waals surface area contributed by atoms with Gasteiger partial charge in [-0.25, -0.2) is 0 Å². The fourth-order valence-electron chi connectivity index (χ4n) is 9.78. The van der Waals surface area contributed by atoms with Crippen molar-refractivity contribution >= 4 is 16.6 Å². The number of methoxy groups -OCH3 is 2. The molecule has 0 spiro atoms. The van der Waals surface area contributed by atoms with Crippen molar-refractivity contribution in [3.63, 3.8) is 0 Å². The number of aryl methyl sites for hydroxylation is 1. The molecule has 0 amide bonds. The number of fused-ring (bicyclic) bond motifs is 1. The van der Waals surface area contributed by atoms with Crippen LogP contribution < -0.4 is 24.5 Å². The Kier molecular flexibility index (Phi) is 13.9. The number of benzene rings is 5. The van der Waals surface area contributed by atoms with Crippen LogP contribution in [0.1, 0.15) is 64.3 Å². The quantitative estimate of drug-likeness (QED) is 0.0509. The second kappa shape index (κ2) is 19.5. The lowest BCUT2D eigenvalue weighted by atomic mass is 9.58. The van der Waals surface area contributed by atoms with E-state index in [1.807, 2.05) is 30.3 Å². The van der Waals surface area contributed by atoms with E-state index in [2.05, 4.69) is 41.5 Å². The standard InChI is InChI=1S/C51H57N2O9/c1-5-34-11-12-35-8-6-7-9-40(35)42(34)26-43-36(13-15-44(56)49(43)61-4)24-37(20-32-18-19-53-29-32)48(58)41-14-17-47(57)51(50(41)59,38-21-33(28-52-2)22-39(55)25-38)27-31-10-16-45(62-30-54)46(23-31)60-3/h6-13,15-16,18-19,21-23,25,29,37,41,47-48,52,54-58H,5,14,17,20,24,26-28,30H2,1-4H3/q-1/t37-,41-,47+,48-,51-/m0/s1. The summed E-state index contributed by atoms with van der Waals surface area (Å²) in [4.78, 5) is 20.0. The smallest absolute Gasteiger partial charge is 0.186 e. The summed E-state index contributed by atoms with van der Waals surface area (Å²) >= 11 is 0. The number of ketones is 1. The minimum absolute atomic E-state index is 0.0134. The largest absolute Gasteiger partial charge is 0.670 e. The highest BCUT2D eigenvalue weighted by Gasteiger charge is 2.54. The molecular weight excluding hydrogens is 785 g/mol. The molecule has 7 rings (SSSR count). The van der Waals surface area contributed by atoms with Crippen molar-refractivity contribution in [1.82, 2.24) is 10.3 Å². The molecule has 6 aromatic rings. The number of nitrogens with zero attached hydrogens (tertiary/aromatic N) is 1. The summed E-state index contributed by atoms with van der Waals surface area (Å²) in [5.74, 6) is -0.775. The van der Waals surface area contributed by atoms with Crippen LogP contribution in [0, 0.1) is 11.8 Å². The third-order valence-corrected chi connectivity index (χ3v) is 12.8. The SMILES string of the molecule is CCc1ccc2ccccc2c1Cc1c(C[C@H](Cc2cc[n-]c2)[C@H](O)[C@@H]2CC[C@@H](O)[C@](Cc3ccc(OCO)c(OC)c3)(c3cc(O)cc(CNC)c3)C2=O)ccc(O)c1OC. The number of aromatic nitrogens is 1. The number of aliphatic hydroxyl groups excluding tert-OH is 3. The molecule has 62 heavy (non-hydrogen) atoms. The van der Waals surface area contributed by atoms with E-state index in [0.29, 0.717) is 54.2 Å². The number of nitrogens with one attached hydrogen (secondary N) is 1. The highest BCUT2D eigenvalue weighted by molar-refractivity contribution is 5.95. The Morgan fingerprint density at radius 3 is 2.39 bits per heavy atom. The van der Waals surface area contributed by atoms with Crippen molar-refractivity contribution in [2.45, 2.75) is 76.0 Å². The number of ether oxygens (including phenoxy) is 3. The zero-order chi connectivity index (χ0) is 44.0. The van der Waals surface area contributed by atoms with Gasteiger partial charge >= 0.3 is 0 Å². The van der Waals surface area contributed by atoms with Gasteiger partial charge in [0, 0.05) is 24.4 Å². The minimum Gasteiger partial charge on any atom is -0.670 e. The normalized spacial score (nSPS) is 18.7. The number of aliphatic hydroxyl groups is 3. The Morgan fingerprint density at radius 2 is 1.66 bits per heavy atom. The van der Waals surface area contributed by atoms with E-state index >= 15 is 4.79 Å². The number of carbonyl (C=O) groups excluding carboxylic acids is 1. The lowest BCUT2D eigenvalue weighted by molar-refractivity contribution is -0.144. The maximum atomic E-state index is 15.6. The van der Waals surface area contributed by atoms with Crippen LogP contribution in [0.4, 0.5) is 0 Å². The van der Waals surface area contributed by atoms with Gasteiger partial charge in [0.05, 0.1) is 31.8 Å². The minimum atomic E-state index is -1.58. The zero-order valence-corrected chi connectivity index (χ0v) is 35.8. The Balaban J connectivity index is 1.33. The van der Waals surface area contributed by atoms with Gasteiger partial charge in [-0.3, -0.25) is 4.79 Å². The van der Waals surface area contributed by atoms with E-state index in [0.717, 1.165) is 45.0 Å². The number of phenolic OH excluding ortho intramolecular Hbond substituents is 2. The van der Waals surface area contributed by atoms with E-state index in [-0.39, 0.29) is 36.5 Å². The Hall–Kier alpha value is -5.85. The summed E-state index contributed by atoms with van der Waals surface area (Å²) in [6.45, 7) is 1.97. The molecule has 1 heterocycles. The second-order valence-corrected chi connectivity index (χ2v) is 16.4. The van der Waals surface area contributed by atoms with E-state index in [4.69, 9.17) is 14.2 Å². The number of Topliss-reactive ketones (excluding diaryl/α,β-unsaturated/α-hetero) is 1. The molecule has 1 fully saturated rings. The van der Waals surface area contributed by atoms with Crippen LogP contribution in [-0.2, 0) is 48.9 Å². The first-order valence-corrected chi connectivity index (χ1v) is 21.3. The first kappa shape index (κ1) is 44.2. The topological polar surface area (TPSA) is 172 Å². The Morgan fingerprint density at radius 1 is 0.855 bits per heavy atom. The number of rotatable bonds is 18. The number of phenols is 2. The second-order valence-electron chi connectivity index (χ2n) is 16.4. The number of hydrogen-bond acceptors (Lipinski definition) is 10. The van der Waals surface area contributed by atoms with E-state index < -0.39 is 36.3 Å². The Bertz CT molecular complexity index is 2480. The molecular formula is C51H57N2O9-. The van der Waals surface area contributed by atoms with Gasteiger partial charge in [-0.1, -0.05) is 73.2 Å². The Labute approximate surface area is 363 Å². The first-order chi connectivity index (χ1) is 30.0. The van der Waals surface area contributed by atoms with Gasteiger partial charge in [0.2, 0.25) is 0 Å². The lowest BCUT2D eigenvalue weighted by Gasteiger charge is -2.46. The third-order valence-electron chi connectivity index (χ3n) is 12.8. The molecule has 5 aromatic carbocycles. The molecule has 0 saturated heterocycles. The molecule has 1 aliphatic rings. The van der Waals surface area contributed by atoms with Crippen molar-refractivity contribution in [2.75, 3.05) is 28.1 Å². The summed E-state index contributed by atoms with van der Waals surface area (Å²) in [7, 11) is 4.82. The molecule has 1 saturated carbocycles. The summed E-state index contributed by atoms with van der Waals surface area (Å²) in [6.07, 6.45) is 3.62. The average molecular weight is 842 g/mol. The van der Waals surface area contributed by atoms with Crippen LogP contribution in [-0.4, -0.2) is 71.6 Å². The molecule has 1 aromatic heterocycles. The van der Waals surface area contributed by atoms with Gasteiger partial charge in [-0.2, -0.15) is 12.4 Å². The molecule has 11 heteroatoms. The molecule has 326 valence electrons. The molecule has 0 bridgehead atoms. The molecule has 11 nitrogen and oxygen atoms in total. The van der Waals surface area contributed by atoms with Crippen LogP contribution in [0.15, 0.2) is 103 Å². The van der Waals surface area contributed by atoms with Crippen molar-refractivity contribution in [3.8, 4) is 28.7 Å². The van der Waals surface area contributed by atoms with Gasteiger partial charge in [0.1, 0.15) is 5.75 Å². The predicted molar refractivity (Wildman–Crippen MR) is 238 cm³/mol. The van der Waals surface area contributed by atoms with Crippen molar-refractivity contribution < 1.29 is 44.5 Å². The molecule has 0 aliphatic heterocycles. The van der Waals surface area contributed by atoms with Gasteiger partial charge in [-0.15, -0.1) is 0 Å². The van der Waals surface area contributed by atoms with Gasteiger partial charge in [0.25, 0.3) is 0 Å². The third kappa shape index (κ3) is 8.89. The van der Waals surface area contributed by atoms with E-state index in [1.54, 1.807) is 56.9 Å². The van der Waals surface area contributed by atoms with Crippen LogP contribution in [0.25, 0.3) is 10.8 Å². The zero-order valence-electron chi connectivity index (χ0n) is 35.8. The molecule has 1 aliphatic carbocycles. The predicted octanol–water partition coefficient (Wildman–Crippen LogP) is 6.71. The molecule has 6 N–H and O–H groups in total. The maximum Gasteiger partial charge on any atom is 0.186 e. The van der Waals surface area contributed by atoms with Crippen LogP contribution in [0.3, 0.4) is 0 Å². The van der Waals surface area contributed by atoms with Gasteiger partial charge in [0.15, 0.2) is 35.6 Å². The summed E-state index contributed by atoms with van der Waals surface area (Å²) < 4.78 is 16.9. The summed E-state index contributed by atoms with van der Waals surface area (Å²) in [5, 5.41) is 62.1. The van der Waals surface area contributed by atoms with E-state index in [9.17, 15) is 25.5 Å². The van der Waals surface area contributed by atoms with Crippen molar-refractivity contribution in [1.29, 1.82) is 0 Å². The monoisotopic (exact) mass is 841 g/mol. The number of carbonyl (C=O) groups is 1. The molecule has 0 unspecified atom stereocenters. The summed E-state index contributed by atoms with van der Waals surface area (Å²) in [5.41, 5.74) is 5.11. The number of aromatic hydroxyl groups is 2. The van der Waals surface area contributed by atoms with Gasteiger partial charge < -0.3 is 50.0 Å². The van der Waals surface area contributed by atoms with Crippen molar-refractivity contribution in [3.05, 3.63) is 148 Å². The highest BCUT2D eigenvalue weighted by atomic mass is 16.6. The number of hydrogen-bond donors (Lipinski definition) is 6. The highest BCUT2D eigenvalue weighted by Crippen LogP contribution is 2.47. The van der Waals surface area contributed by atoms with Gasteiger partial charge in [-0.05, 0) is 126 Å². The fraction of sp³-hybridized carbons (Fsp3) is 0.353. The maximum absolute atomic E-state index is 15.6. The molecule has 5 atom stereocenters. The first-order valence-electron chi connectivity index (χ1n) is 21.3. The summed E-state index contributed by atoms with van der Waals surface area (Å²) in [6, 6.07) is 28.1. The van der Waals surface area contributed by atoms with Crippen LogP contribution in [0.2, 0.25) is 0 Å². The lowest BCUT2D eigenvalue weighted by Crippen LogP contribution is -2.57. The van der Waals surface area contributed by atoms with Crippen LogP contribution >= 0.6 is 0 Å². The molecule has 0 radical (unpaired) electrons. The van der Waals surface area contributed by atoms with Crippen LogP contribution in [0.5, 0.6) is 28.7 Å².